The summed E-state index contributed by atoms with van der Waals surface area (Å²) in [5.41, 5.74) is 11.1. The molecule has 4 heteroatoms. The molecule has 52 heavy (non-hydrogen) atoms. The van der Waals surface area contributed by atoms with E-state index in [9.17, 15) is 0 Å². The average molecular weight is 705 g/mol. The first-order valence-corrected chi connectivity index (χ1v) is 19.6. The molecule has 250 valence electrons. The van der Waals surface area contributed by atoms with Gasteiger partial charge in [0.15, 0.2) is 0 Å². The van der Waals surface area contributed by atoms with E-state index >= 15 is 0 Å². The normalized spacial score (nSPS) is 16.2. The number of hydrogen-bond acceptors (Lipinski definition) is 4. The van der Waals surface area contributed by atoms with Crippen LogP contribution in [0.2, 0.25) is 0 Å². The number of aryl methyl sites for hydroxylation is 2. The molecule has 8 aromatic rings. The Morgan fingerprint density at radius 1 is 0.519 bits per heavy atom. The molecule has 10 rings (SSSR count). The first kappa shape index (κ1) is 31.2. The lowest BCUT2D eigenvalue weighted by atomic mass is 9.86. The molecular weight excluding hydrogens is 669 g/mol. The Bertz CT molecular complexity index is 2710. The maximum absolute atomic E-state index is 2.51. The molecule has 2 atom stereocenters. The van der Waals surface area contributed by atoms with Crippen LogP contribution in [0, 0.1) is 13.8 Å². The third-order valence-electron chi connectivity index (χ3n) is 10.4. The fraction of sp³-hybridized carbons (Fsp3) is 0.0833. The van der Waals surface area contributed by atoms with E-state index in [1.165, 1.54) is 81.0 Å². The summed E-state index contributed by atoms with van der Waals surface area (Å²) in [5.74, 6) is 0.309. The van der Waals surface area contributed by atoms with Crippen molar-refractivity contribution < 1.29 is 0 Å². The zero-order valence-corrected chi connectivity index (χ0v) is 30.7. The van der Waals surface area contributed by atoms with E-state index in [-0.39, 0.29) is 0 Å². The highest BCUT2D eigenvalue weighted by atomic mass is 32.2. The Balaban J connectivity index is 1.12. The SMILES string of the molecule is Cc1cccc(N(C2=CC3Sc4c(c5ccccc5c5c4sc4cc(N(c6ccccc6)c6cccc(C)c6)ccc45)C3C=C2)c2ccccc2)c1. The standard InChI is InChI=1S/C48H36N2S2/c1-31-13-11-19-35(27-31)49(33-15-5-3-6-16-33)37-23-25-41-43(29-37)51-47-45(41)39-21-9-10-22-40(39)46-42-26-24-38(30-44(42)52-48(46)47)50(34-17-7-4-8-18-34)36-20-12-14-32(2)28-36/h3-30,41,43H,1-2H3. The van der Waals surface area contributed by atoms with Gasteiger partial charge in [0.2, 0.25) is 0 Å². The summed E-state index contributed by atoms with van der Waals surface area (Å²) < 4.78 is 2.72. The predicted octanol–water partition coefficient (Wildman–Crippen LogP) is 14.1. The van der Waals surface area contributed by atoms with Crippen molar-refractivity contribution >= 4 is 82.5 Å². The first-order valence-electron chi connectivity index (χ1n) is 17.9. The minimum Gasteiger partial charge on any atom is -0.311 e. The molecule has 1 aromatic heterocycles. The number of para-hydroxylation sites is 2. The minimum absolute atomic E-state index is 0.302. The van der Waals surface area contributed by atoms with Gasteiger partial charge in [0, 0.05) is 65.7 Å². The summed E-state index contributed by atoms with van der Waals surface area (Å²) in [6.45, 7) is 4.33. The van der Waals surface area contributed by atoms with Crippen molar-refractivity contribution in [1.82, 2.24) is 0 Å². The van der Waals surface area contributed by atoms with Gasteiger partial charge in [0.25, 0.3) is 0 Å². The molecule has 2 unspecified atom stereocenters. The maximum Gasteiger partial charge on any atom is 0.0501 e. The van der Waals surface area contributed by atoms with Gasteiger partial charge >= 0.3 is 0 Å². The fourth-order valence-electron chi connectivity index (χ4n) is 8.16. The van der Waals surface area contributed by atoms with E-state index in [0.717, 1.165) is 5.69 Å². The number of thiophene rings is 1. The van der Waals surface area contributed by atoms with Gasteiger partial charge in [0.05, 0.1) is 4.70 Å². The van der Waals surface area contributed by atoms with Crippen molar-refractivity contribution in [1.29, 1.82) is 0 Å². The molecule has 2 aliphatic rings. The summed E-state index contributed by atoms with van der Waals surface area (Å²) in [5, 5.41) is 5.74. The fourth-order valence-corrected chi connectivity index (χ4v) is 11.1. The lowest BCUT2D eigenvalue weighted by Gasteiger charge is -2.30. The Morgan fingerprint density at radius 3 is 1.81 bits per heavy atom. The molecule has 0 saturated carbocycles. The second-order valence-corrected chi connectivity index (χ2v) is 16.1. The topological polar surface area (TPSA) is 6.48 Å². The molecule has 2 nitrogen and oxygen atoms in total. The van der Waals surface area contributed by atoms with E-state index in [1.807, 2.05) is 23.1 Å². The van der Waals surface area contributed by atoms with Gasteiger partial charge in [-0.2, -0.15) is 0 Å². The van der Waals surface area contributed by atoms with Gasteiger partial charge in [-0.05, 0) is 114 Å². The van der Waals surface area contributed by atoms with Crippen LogP contribution in [-0.2, 0) is 0 Å². The van der Waals surface area contributed by atoms with E-state index in [1.54, 1.807) is 0 Å². The lowest BCUT2D eigenvalue weighted by Crippen LogP contribution is -2.20. The molecule has 0 spiro atoms. The lowest BCUT2D eigenvalue weighted by molar-refractivity contribution is 0.877. The Hall–Kier alpha value is -5.55. The maximum atomic E-state index is 2.51. The summed E-state index contributed by atoms with van der Waals surface area (Å²) in [7, 11) is 0. The van der Waals surface area contributed by atoms with Gasteiger partial charge in [-0.1, -0.05) is 97.1 Å². The van der Waals surface area contributed by atoms with Crippen LogP contribution >= 0.6 is 23.1 Å². The highest BCUT2D eigenvalue weighted by molar-refractivity contribution is 8.00. The van der Waals surface area contributed by atoms with Gasteiger partial charge in [0.1, 0.15) is 0 Å². The van der Waals surface area contributed by atoms with Crippen molar-refractivity contribution in [3.63, 3.8) is 0 Å². The van der Waals surface area contributed by atoms with Gasteiger partial charge in [-0.25, -0.2) is 0 Å². The number of fused-ring (bicyclic) bond motifs is 10. The Kier molecular flexibility index (Phi) is 7.56. The van der Waals surface area contributed by atoms with E-state index in [4.69, 9.17) is 0 Å². The van der Waals surface area contributed by atoms with Crippen LogP contribution in [0.25, 0.3) is 30.9 Å². The largest absolute Gasteiger partial charge is 0.311 e. The van der Waals surface area contributed by atoms with Crippen molar-refractivity contribution in [2.45, 2.75) is 29.9 Å². The van der Waals surface area contributed by atoms with Crippen molar-refractivity contribution in [3.8, 4) is 0 Å². The number of allylic oxidation sites excluding steroid dienone is 2. The van der Waals surface area contributed by atoms with Crippen LogP contribution < -0.4 is 9.80 Å². The smallest absolute Gasteiger partial charge is 0.0501 e. The van der Waals surface area contributed by atoms with Gasteiger partial charge in [-0.3, -0.25) is 0 Å². The molecular formula is C48H36N2S2. The van der Waals surface area contributed by atoms with Gasteiger partial charge < -0.3 is 9.80 Å². The third kappa shape index (κ3) is 5.17. The molecule has 0 fully saturated rings. The van der Waals surface area contributed by atoms with Crippen LogP contribution in [-0.4, -0.2) is 5.25 Å². The number of hydrogen-bond donors (Lipinski definition) is 0. The monoisotopic (exact) mass is 704 g/mol. The third-order valence-corrected chi connectivity index (χ3v) is 13.1. The molecule has 1 aliphatic carbocycles. The molecule has 1 aliphatic heterocycles. The van der Waals surface area contributed by atoms with E-state index in [0.29, 0.717) is 11.2 Å². The van der Waals surface area contributed by atoms with Crippen LogP contribution in [0.15, 0.2) is 180 Å². The molecule has 0 saturated heterocycles. The van der Waals surface area contributed by atoms with Crippen LogP contribution in [0.1, 0.15) is 22.6 Å². The quantitative estimate of drug-likeness (QED) is 0.170. The highest BCUT2D eigenvalue weighted by Crippen LogP contribution is 2.57. The average Bonchev–Trinajstić information content (AvgIpc) is 3.75. The van der Waals surface area contributed by atoms with Gasteiger partial charge in [-0.15, -0.1) is 23.1 Å². The summed E-state index contributed by atoms with van der Waals surface area (Å²) >= 11 is 4.00. The Morgan fingerprint density at radius 2 is 1.12 bits per heavy atom. The van der Waals surface area contributed by atoms with E-state index < -0.39 is 0 Å². The summed E-state index contributed by atoms with van der Waals surface area (Å²) in [6, 6.07) is 55.3. The van der Waals surface area contributed by atoms with Crippen LogP contribution in [0.5, 0.6) is 0 Å². The number of thioether (sulfide) groups is 1. The van der Waals surface area contributed by atoms with Crippen molar-refractivity contribution in [2.75, 3.05) is 9.80 Å². The molecule has 0 amide bonds. The number of nitrogens with zero attached hydrogens (tertiary/aromatic N) is 2. The second kappa shape index (κ2) is 12.6. The van der Waals surface area contributed by atoms with E-state index in [2.05, 4.69) is 194 Å². The minimum atomic E-state index is 0.302. The molecule has 7 aromatic carbocycles. The second-order valence-electron chi connectivity index (χ2n) is 13.9. The van der Waals surface area contributed by atoms with Crippen LogP contribution in [0.3, 0.4) is 0 Å². The number of benzene rings is 7. The Labute approximate surface area is 313 Å². The summed E-state index contributed by atoms with van der Waals surface area (Å²) in [4.78, 5) is 6.23. The molecule has 0 bridgehead atoms. The molecule has 0 radical (unpaired) electrons. The number of anilines is 5. The molecule has 0 N–H and O–H groups in total. The molecule has 2 heterocycles. The zero-order chi connectivity index (χ0) is 34.8. The zero-order valence-electron chi connectivity index (χ0n) is 29.0. The highest BCUT2D eigenvalue weighted by Gasteiger charge is 2.37. The van der Waals surface area contributed by atoms with Crippen molar-refractivity contribution in [2.24, 2.45) is 0 Å². The van der Waals surface area contributed by atoms with Crippen LogP contribution in [0.4, 0.5) is 28.4 Å². The first-order chi connectivity index (χ1) is 25.6. The number of rotatable bonds is 6. The van der Waals surface area contributed by atoms with Crippen molar-refractivity contribution in [3.05, 3.63) is 192 Å². The summed E-state index contributed by atoms with van der Waals surface area (Å²) in [6.07, 6.45) is 7.33. The predicted molar refractivity (Wildman–Crippen MR) is 226 cm³/mol.